The number of hydrogen-bond acceptors (Lipinski definition) is 7. The van der Waals surface area contributed by atoms with Crippen molar-refractivity contribution >= 4 is 51.9 Å². The van der Waals surface area contributed by atoms with Gasteiger partial charge in [-0.25, -0.2) is 0 Å². The second-order valence-electron chi connectivity index (χ2n) is 9.93. The van der Waals surface area contributed by atoms with Gasteiger partial charge >= 0.3 is 0 Å². The molecule has 38 heavy (non-hydrogen) atoms. The predicted molar refractivity (Wildman–Crippen MR) is 153 cm³/mol. The first kappa shape index (κ1) is 27.3. The molecule has 4 rings (SSSR count). The van der Waals surface area contributed by atoms with E-state index in [4.69, 9.17) is 12.2 Å². The van der Waals surface area contributed by atoms with Crippen LogP contribution in [0.15, 0.2) is 42.5 Å². The van der Waals surface area contributed by atoms with Crippen molar-refractivity contribution in [3.8, 4) is 0 Å². The van der Waals surface area contributed by atoms with Crippen LogP contribution in [-0.4, -0.2) is 66.0 Å². The Hall–Kier alpha value is -3.73. The number of amides is 2. The molecule has 0 aliphatic carbocycles. The molecule has 2 aromatic rings. The molecule has 0 radical (unpaired) electrons. The van der Waals surface area contributed by atoms with Gasteiger partial charge in [-0.1, -0.05) is 13.8 Å². The second kappa shape index (κ2) is 12.2. The van der Waals surface area contributed by atoms with Crippen molar-refractivity contribution in [2.45, 2.75) is 33.1 Å². The van der Waals surface area contributed by atoms with Gasteiger partial charge in [0.2, 0.25) is 5.91 Å². The topological polar surface area (TPSA) is 111 Å². The van der Waals surface area contributed by atoms with E-state index in [9.17, 15) is 19.7 Å². The van der Waals surface area contributed by atoms with Gasteiger partial charge in [-0.05, 0) is 67.9 Å². The largest absolute Gasteiger partial charge is 0.368 e. The number of nitrogens with one attached hydrogen (secondary N) is 2. The number of carbonyl (C=O) groups excluding carboxylic acids is 2. The number of piperazine rings is 1. The van der Waals surface area contributed by atoms with E-state index in [1.807, 2.05) is 47.9 Å². The number of nitro groups is 1. The molecule has 0 unspecified atom stereocenters. The normalized spacial score (nSPS) is 15.8. The van der Waals surface area contributed by atoms with Crippen LogP contribution in [0.2, 0.25) is 0 Å². The van der Waals surface area contributed by atoms with Gasteiger partial charge in [0.15, 0.2) is 5.11 Å². The Labute approximate surface area is 228 Å². The van der Waals surface area contributed by atoms with Crippen LogP contribution in [0.1, 0.15) is 43.5 Å². The number of benzene rings is 2. The van der Waals surface area contributed by atoms with Crippen LogP contribution in [0.5, 0.6) is 0 Å². The van der Waals surface area contributed by atoms with Crippen LogP contribution in [-0.2, 0) is 4.79 Å². The van der Waals surface area contributed by atoms with Crippen molar-refractivity contribution < 1.29 is 14.5 Å². The van der Waals surface area contributed by atoms with E-state index in [2.05, 4.69) is 15.5 Å². The highest BCUT2D eigenvalue weighted by Crippen LogP contribution is 2.31. The zero-order chi connectivity index (χ0) is 27.2. The third-order valence-electron chi connectivity index (χ3n) is 6.93. The number of nitro benzene ring substituents is 1. The summed E-state index contributed by atoms with van der Waals surface area (Å²) < 4.78 is 0. The Kier molecular flexibility index (Phi) is 8.77. The Morgan fingerprint density at radius 1 is 0.921 bits per heavy atom. The van der Waals surface area contributed by atoms with E-state index in [0.717, 1.165) is 51.1 Å². The van der Waals surface area contributed by atoms with Gasteiger partial charge in [0.05, 0.1) is 4.92 Å². The first-order valence-electron chi connectivity index (χ1n) is 13.0. The number of hydrogen-bond donors (Lipinski definition) is 2. The number of piperidine rings is 1. The maximum Gasteiger partial charge on any atom is 0.293 e. The van der Waals surface area contributed by atoms with E-state index in [1.165, 1.54) is 6.07 Å². The first-order valence-corrected chi connectivity index (χ1v) is 13.4. The minimum atomic E-state index is -0.513. The number of anilines is 3. The maximum atomic E-state index is 12.8. The number of carbonyl (C=O) groups is 2. The van der Waals surface area contributed by atoms with Crippen LogP contribution >= 0.6 is 12.2 Å². The average molecular weight is 539 g/mol. The Balaban J connectivity index is 1.32. The molecule has 2 saturated heterocycles. The van der Waals surface area contributed by atoms with Crippen LogP contribution in [0.4, 0.5) is 22.7 Å². The second-order valence-corrected chi connectivity index (χ2v) is 10.3. The molecular formula is C27H34N6O4S. The summed E-state index contributed by atoms with van der Waals surface area (Å²) in [6.07, 6.45) is 3.11. The third-order valence-corrected chi connectivity index (χ3v) is 7.14. The standard InChI is InChI=1S/C27H34N6O4S/c1-19(2)26(35)32-16-14-30(15-17-32)22-9-7-21(8-10-22)28-27(38)29-25(34)20-6-11-23(24(18-20)33(36)37)31-12-4-3-5-13-31/h6-11,18-19H,3-5,12-17H2,1-2H3,(H2,28,29,34,38). The molecule has 0 saturated carbocycles. The molecule has 0 aromatic heterocycles. The smallest absolute Gasteiger partial charge is 0.293 e. The molecule has 2 N–H and O–H groups in total. The minimum absolute atomic E-state index is 0.00488. The molecule has 0 atom stereocenters. The van der Waals surface area contributed by atoms with Gasteiger partial charge < -0.3 is 20.0 Å². The molecule has 2 amide bonds. The lowest BCUT2D eigenvalue weighted by Gasteiger charge is -2.37. The summed E-state index contributed by atoms with van der Waals surface area (Å²) in [4.78, 5) is 42.4. The predicted octanol–water partition coefficient (Wildman–Crippen LogP) is 4.02. The zero-order valence-electron chi connectivity index (χ0n) is 21.8. The minimum Gasteiger partial charge on any atom is -0.368 e. The highest BCUT2D eigenvalue weighted by Gasteiger charge is 2.24. The summed E-state index contributed by atoms with van der Waals surface area (Å²) in [7, 11) is 0. The molecule has 0 spiro atoms. The van der Waals surface area contributed by atoms with Crippen LogP contribution < -0.4 is 20.4 Å². The first-order chi connectivity index (χ1) is 18.2. The van der Waals surface area contributed by atoms with Crippen molar-refractivity contribution in [1.29, 1.82) is 0 Å². The van der Waals surface area contributed by atoms with Crippen molar-refractivity contribution in [2.24, 2.45) is 5.92 Å². The lowest BCUT2D eigenvalue weighted by Crippen LogP contribution is -2.49. The average Bonchev–Trinajstić information content (AvgIpc) is 2.93. The van der Waals surface area contributed by atoms with E-state index in [0.29, 0.717) is 24.5 Å². The van der Waals surface area contributed by atoms with Crippen molar-refractivity contribution in [2.75, 3.05) is 54.4 Å². The van der Waals surface area contributed by atoms with Gasteiger partial charge in [-0.3, -0.25) is 25.0 Å². The summed E-state index contributed by atoms with van der Waals surface area (Å²) in [5, 5.41) is 17.4. The van der Waals surface area contributed by atoms with Gasteiger partial charge in [0.1, 0.15) is 5.69 Å². The van der Waals surface area contributed by atoms with Crippen molar-refractivity contribution in [3.05, 3.63) is 58.1 Å². The highest BCUT2D eigenvalue weighted by molar-refractivity contribution is 7.80. The SMILES string of the molecule is CC(C)C(=O)N1CCN(c2ccc(NC(=S)NC(=O)c3ccc(N4CCCCC4)c([N+](=O)[O-])c3)cc2)CC1. The van der Waals surface area contributed by atoms with Crippen LogP contribution in [0.3, 0.4) is 0 Å². The molecule has 2 heterocycles. The van der Waals surface area contributed by atoms with E-state index < -0.39 is 10.8 Å². The van der Waals surface area contributed by atoms with Gasteiger partial charge in [0, 0.05) is 68.2 Å². The quantitative estimate of drug-likeness (QED) is 0.322. The summed E-state index contributed by atoms with van der Waals surface area (Å²) in [5.41, 5.74) is 2.39. The van der Waals surface area contributed by atoms with Crippen molar-refractivity contribution in [1.82, 2.24) is 10.2 Å². The fourth-order valence-corrected chi connectivity index (χ4v) is 5.07. The molecule has 0 bridgehead atoms. The molecular weight excluding hydrogens is 504 g/mol. The maximum absolute atomic E-state index is 12.8. The number of rotatable bonds is 6. The number of thiocarbonyl (C=S) groups is 1. The van der Waals surface area contributed by atoms with E-state index >= 15 is 0 Å². The van der Waals surface area contributed by atoms with Gasteiger partial charge in [0.25, 0.3) is 11.6 Å². The Morgan fingerprint density at radius 3 is 2.18 bits per heavy atom. The fourth-order valence-electron chi connectivity index (χ4n) is 4.86. The molecule has 11 heteroatoms. The molecule has 2 aliphatic heterocycles. The van der Waals surface area contributed by atoms with Crippen LogP contribution in [0.25, 0.3) is 0 Å². The lowest BCUT2D eigenvalue weighted by atomic mass is 10.1. The fraction of sp³-hybridized carbons (Fsp3) is 0.444. The molecule has 10 nitrogen and oxygen atoms in total. The molecule has 2 aromatic carbocycles. The zero-order valence-corrected chi connectivity index (χ0v) is 22.6. The Morgan fingerprint density at radius 2 is 1.58 bits per heavy atom. The summed E-state index contributed by atoms with van der Waals surface area (Å²) in [5.74, 6) is -0.321. The third kappa shape index (κ3) is 6.58. The molecule has 2 aliphatic rings. The number of nitrogens with zero attached hydrogens (tertiary/aromatic N) is 4. The van der Waals surface area contributed by atoms with Crippen LogP contribution in [0, 0.1) is 16.0 Å². The monoisotopic (exact) mass is 538 g/mol. The van der Waals surface area contributed by atoms with Crippen molar-refractivity contribution in [3.63, 3.8) is 0 Å². The van der Waals surface area contributed by atoms with E-state index in [1.54, 1.807) is 12.1 Å². The summed E-state index contributed by atoms with van der Waals surface area (Å²) in [6, 6.07) is 12.2. The summed E-state index contributed by atoms with van der Waals surface area (Å²) in [6.45, 7) is 8.31. The summed E-state index contributed by atoms with van der Waals surface area (Å²) >= 11 is 5.31. The molecule has 2 fully saturated rings. The van der Waals surface area contributed by atoms with Gasteiger partial charge in [-0.2, -0.15) is 0 Å². The van der Waals surface area contributed by atoms with E-state index in [-0.39, 0.29) is 28.2 Å². The van der Waals surface area contributed by atoms with Gasteiger partial charge in [-0.15, -0.1) is 0 Å². The molecule has 202 valence electrons. The Bertz CT molecular complexity index is 1190. The highest BCUT2D eigenvalue weighted by atomic mass is 32.1. The lowest BCUT2D eigenvalue weighted by molar-refractivity contribution is -0.384.